The number of aromatic hydroxyl groups is 1. The zero-order valence-electron chi connectivity index (χ0n) is 8.84. The Morgan fingerprint density at radius 2 is 1.76 bits per heavy atom. The molecule has 0 saturated heterocycles. The van der Waals surface area contributed by atoms with Crippen LogP contribution in [0.4, 0.5) is 0 Å². The molecule has 0 saturated carbocycles. The Morgan fingerprint density at radius 3 is 2.35 bits per heavy atom. The molecule has 0 spiro atoms. The Balaban J connectivity index is 2.43. The van der Waals surface area contributed by atoms with Gasteiger partial charge in [0.1, 0.15) is 5.75 Å². The van der Waals surface area contributed by atoms with Gasteiger partial charge in [-0.05, 0) is 29.3 Å². The number of oxime groups is 1. The molecule has 0 aliphatic heterocycles. The van der Waals surface area contributed by atoms with Gasteiger partial charge in [0.25, 0.3) is 0 Å². The predicted molar refractivity (Wildman–Crippen MR) is 67.9 cm³/mol. The van der Waals surface area contributed by atoms with E-state index in [-0.39, 0.29) is 5.75 Å². The van der Waals surface area contributed by atoms with E-state index in [1.165, 1.54) is 6.21 Å². The summed E-state index contributed by atoms with van der Waals surface area (Å²) in [5.74, 6) is 0.217. The molecule has 0 radical (unpaired) electrons. The van der Waals surface area contributed by atoms with E-state index in [1.54, 1.807) is 36.4 Å². The fourth-order valence-corrected chi connectivity index (χ4v) is 1.85. The van der Waals surface area contributed by atoms with E-state index >= 15 is 0 Å². The lowest BCUT2D eigenvalue weighted by Gasteiger charge is -2.05. The third-order valence-electron chi connectivity index (χ3n) is 2.38. The average molecular weight is 248 g/mol. The van der Waals surface area contributed by atoms with Crippen LogP contribution in [0.15, 0.2) is 47.6 Å². The summed E-state index contributed by atoms with van der Waals surface area (Å²) in [5.41, 5.74) is 2.50. The van der Waals surface area contributed by atoms with Gasteiger partial charge >= 0.3 is 0 Å². The van der Waals surface area contributed by atoms with E-state index < -0.39 is 0 Å². The minimum absolute atomic E-state index is 0.217. The Morgan fingerprint density at radius 1 is 1.06 bits per heavy atom. The molecule has 2 N–H and O–H groups in total. The maximum Gasteiger partial charge on any atom is 0.115 e. The number of hydrogen-bond acceptors (Lipinski definition) is 3. The summed E-state index contributed by atoms with van der Waals surface area (Å²) in [6.45, 7) is 0. The van der Waals surface area contributed by atoms with Crippen LogP contribution in [0.2, 0.25) is 5.02 Å². The molecule has 17 heavy (non-hydrogen) atoms. The molecule has 0 aliphatic carbocycles. The number of hydrogen-bond donors (Lipinski definition) is 2. The normalized spacial score (nSPS) is 10.9. The van der Waals surface area contributed by atoms with Gasteiger partial charge in [0, 0.05) is 10.6 Å². The van der Waals surface area contributed by atoms with Crippen LogP contribution in [0.1, 0.15) is 5.56 Å². The van der Waals surface area contributed by atoms with Crippen molar-refractivity contribution in [2.75, 3.05) is 0 Å². The summed E-state index contributed by atoms with van der Waals surface area (Å²) in [7, 11) is 0. The Bertz CT molecular complexity index is 550. The Hall–Kier alpha value is -2.00. The maximum atomic E-state index is 9.21. The van der Waals surface area contributed by atoms with Crippen molar-refractivity contribution in [3.05, 3.63) is 53.1 Å². The molecule has 3 nitrogen and oxygen atoms in total. The van der Waals surface area contributed by atoms with Crippen molar-refractivity contribution < 1.29 is 10.3 Å². The van der Waals surface area contributed by atoms with Crippen molar-refractivity contribution in [3.63, 3.8) is 0 Å². The molecule has 2 aromatic rings. The minimum Gasteiger partial charge on any atom is -0.508 e. The molecule has 0 unspecified atom stereocenters. The number of halogens is 1. The van der Waals surface area contributed by atoms with Crippen LogP contribution in [0.25, 0.3) is 11.1 Å². The molecule has 0 atom stereocenters. The van der Waals surface area contributed by atoms with Crippen LogP contribution in [-0.4, -0.2) is 16.5 Å². The molecule has 4 heteroatoms. The van der Waals surface area contributed by atoms with Gasteiger partial charge in [-0.3, -0.25) is 0 Å². The first-order valence-corrected chi connectivity index (χ1v) is 5.35. The summed E-state index contributed by atoms with van der Waals surface area (Å²) in [6.07, 6.45) is 1.31. The lowest BCUT2D eigenvalue weighted by Crippen LogP contribution is -1.84. The Labute approximate surface area is 104 Å². The highest BCUT2D eigenvalue weighted by atomic mass is 35.5. The first-order chi connectivity index (χ1) is 8.20. The van der Waals surface area contributed by atoms with E-state index in [0.717, 1.165) is 16.7 Å². The monoisotopic (exact) mass is 247 g/mol. The lowest BCUT2D eigenvalue weighted by molar-refractivity contribution is 0.322. The summed E-state index contributed by atoms with van der Waals surface area (Å²) in [4.78, 5) is 0. The first kappa shape index (κ1) is 11.5. The predicted octanol–water partition coefficient (Wildman–Crippen LogP) is 3.52. The third kappa shape index (κ3) is 2.57. The quantitative estimate of drug-likeness (QED) is 0.485. The van der Waals surface area contributed by atoms with Gasteiger partial charge in [0.15, 0.2) is 0 Å². The van der Waals surface area contributed by atoms with Gasteiger partial charge in [0.2, 0.25) is 0 Å². The fraction of sp³-hybridized carbons (Fsp3) is 0. The van der Waals surface area contributed by atoms with Crippen molar-refractivity contribution >= 4 is 17.8 Å². The van der Waals surface area contributed by atoms with Crippen molar-refractivity contribution in [2.24, 2.45) is 5.16 Å². The van der Waals surface area contributed by atoms with Gasteiger partial charge in [0.05, 0.1) is 6.21 Å². The van der Waals surface area contributed by atoms with E-state index in [4.69, 9.17) is 16.8 Å². The fourth-order valence-electron chi connectivity index (χ4n) is 1.55. The molecule has 0 fully saturated rings. The molecule has 2 aromatic carbocycles. The van der Waals surface area contributed by atoms with E-state index in [2.05, 4.69) is 5.16 Å². The minimum atomic E-state index is 0.217. The van der Waals surface area contributed by atoms with Crippen LogP contribution in [0.3, 0.4) is 0 Å². The number of phenols is 1. The smallest absolute Gasteiger partial charge is 0.115 e. The van der Waals surface area contributed by atoms with E-state index in [9.17, 15) is 5.11 Å². The van der Waals surface area contributed by atoms with Crippen molar-refractivity contribution in [2.45, 2.75) is 0 Å². The molecule has 86 valence electrons. The number of benzene rings is 2. The molecular weight excluding hydrogens is 238 g/mol. The van der Waals surface area contributed by atoms with Gasteiger partial charge in [-0.15, -0.1) is 0 Å². The second-order valence-electron chi connectivity index (χ2n) is 3.53. The molecule has 0 aliphatic rings. The van der Waals surface area contributed by atoms with Gasteiger partial charge in [-0.2, -0.15) is 0 Å². The van der Waals surface area contributed by atoms with E-state index in [0.29, 0.717) is 5.02 Å². The summed E-state index contributed by atoms with van der Waals surface area (Å²) in [6, 6.07) is 12.1. The highest BCUT2D eigenvalue weighted by molar-refractivity contribution is 6.33. The SMILES string of the molecule is O/N=C/c1ccc(-c2ccc(O)cc2)c(Cl)c1. The molecule has 0 aromatic heterocycles. The van der Waals surface area contributed by atoms with Crippen LogP contribution < -0.4 is 0 Å². The highest BCUT2D eigenvalue weighted by Gasteiger charge is 2.04. The summed E-state index contributed by atoms with van der Waals surface area (Å²) >= 11 is 6.13. The number of rotatable bonds is 2. The average Bonchev–Trinajstić information content (AvgIpc) is 2.31. The molecule has 0 bridgehead atoms. The van der Waals surface area contributed by atoms with Gasteiger partial charge < -0.3 is 10.3 Å². The summed E-state index contributed by atoms with van der Waals surface area (Å²) in [5, 5.41) is 21.1. The van der Waals surface area contributed by atoms with Crippen molar-refractivity contribution in [1.82, 2.24) is 0 Å². The van der Waals surface area contributed by atoms with Crippen LogP contribution in [-0.2, 0) is 0 Å². The summed E-state index contributed by atoms with van der Waals surface area (Å²) < 4.78 is 0. The van der Waals surface area contributed by atoms with Crippen LogP contribution >= 0.6 is 11.6 Å². The van der Waals surface area contributed by atoms with Crippen molar-refractivity contribution in [3.8, 4) is 16.9 Å². The first-order valence-electron chi connectivity index (χ1n) is 4.97. The van der Waals surface area contributed by atoms with Crippen LogP contribution in [0, 0.1) is 0 Å². The zero-order valence-corrected chi connectivity index (χ0v) is 9.59. The van der Waals surface area contributed by atoms with E-state index in [1.807, 2.05) is 6.07 Å². The maximum absolute atomic E-state index is 9.21. The van der Waals surface area contributed by atoms with Gasteiger partial charge in [-0.1, -0.05) is 41.0 Å². The molecule has 2 rings (SSSR count). The molecule has 0 amide bonds. The van der Waals surface area contributed by atoms with Crippen molar-refractivity contribution in [1.29, 1.82) is 0 Å². The molecular formula is C13H10ClNO2. The second-order valence-corrected chi connectivity index (χ2v) is 3.94. The zero-order chi connectivity index (χ0) is 12.3. The number of phenolic OH excluding ortho intramolecular Hbond substituents is 1. The lowest BCUT2D eigenvalue weighted by atomic mass is 10.0. The topological polar surface area (TPSA) is 52.8 Å². The Kier molecular flexibility index (Phi) is 3.30. The standard InChI is InChI=1S/C13H10ClNO2/c14-13-7-9(8-15-17)1-6-12(13)10-2-4-11(16)5-3-10/h1-8,16-17H/b15-8+. The van der Waals surface area contributed by atoms with Gasteiger partial charge in [-0.25, -0.2) is 0 Å². The number of nitrogens with zero attached hydrogens (tertiary/aromatic N) is 1. The third-order valence-corrected chi connectivity index (χ3v) is 2.69. The second kappa shape index (κ2) is 4.89. The molecule has 0 heterocycles. The van der Waals surface area contributed by atoms with Crippen LogP contribution in [0.5, 0.6) is 5.75 Å². The highest BCUT2D eigenvalue weighted by Crippen LogP contribution is 2.29. The largest absolute Gasteiger partial charge is 0.508 e.